The third-order valence-electron chi connectivity index (χ3n) is 2.72. The van der Waals surface area contributed by atoms with Gasteiger partial charge in [0.15, 0.2) is 0 Å². The molecule has 0 atom stereocenters. The van der Waals surface area contributed by atoms with Crippen LogP contribution in [0.3, 0.4) is 0 Å². The SMILES string of the molecule is COc1cc(C)c(N(C)C/C=C/C(=O)O)c(OC)c1. The summed E-state index contributed by atoms with van der Waals surface area (Å²) in [7, 11) is 5.08. The zero-order valence-electron chi connectivity index (χ0n) is 11.6. The summed E-state index contributed by atoms with van der Waals surface area (Å²) in [4.78, 5) is 12.4. The van der Waals surface area contributed by atoms with Crippen molar-refractivity contribution in [2.24, 2.45) is 0 Å². The maximum Gasteiger partial charge on any atom is 0.328 e. The molecule has 0 saturated carbocycles. The van der Waals surface area contributed by atoms with E-state index in [1.807, 2.05) is 24.9 Å². The molecule has 0 radical (unpaired) electrons. The Morgan fingerprint density at radius 3 is 2.58 bits per heavy atom. The lowest BCUT2D eigenvalue weighted by Gasteiger charge is -2.23. The number of aliphatic carboxylic acids is 1. The second-order valence-electron chi connectivity index (χ2n) is 4.12. The van der Waals surface area contributed by atoms with Crippen molar-refractivity contribution in [3.63, 3.8) is 0 Å². The average Bonchev–Trinajstić information content (AvgIpc) is 2.36. The molecular weight excluding hydrogens is 246 g/mol. The molecule has 0 aliphatic carbocycles. The van der Waals surface area contributed by atoms with E-state index >= 15 is 0 Å². The summed E-state index contributed by atoms with van der Waals surface area (Å²) in [6.45, 7) is 2.44. The van der Waals surface area contributed by atoms with E-state index in [2.05, 4.69) is 0 Å². The number of carboxylic acids is 1. The van der Waals surface area contributed by atoms with Crippen molar-refractivity contribution in [3.05, 3.63) is 29.8 Å². The number of anilines is 1. The Bertz CT molecular complexity index is 483. The van der Waals surface area contributed by atoms with Gasteiger partial charge in [-0.05, 0) is 18.6 Å². The first-order valence-corrected chi connectivity index (χ1v) is 5.82. The van der Waals surface area contributed by atoms with Crippen molar-refractivity contribution in [2.45, 2.75) is 6.92 Å². The van der Waals surface area contributed by atoms with E-state index in [4.69, 9.17) is 14.6 Å². The first-order valence-electron chi connectivity index (χ1n) is 5.82. The van der Waals surface area contributed by atoms with Crippen molar-refractivity contribution in [1.29, 1.82) is 0 Å². The van der Waals surface area contributed by atoms with Gasteiger partial charge in [-0.25, -0.2) is 4.79 Å². The lowest BCUT2D eigenvalue weighted by Crippen LogP contribution is -2.19. The van der Waals surface area contributed by atoms with Gasteiger partial charge in [-0.15, -0.1) is 0 Å². The molecule has 1 aromatic rings. The van der Waals surface area contributed by atoms with Crippen LogP contribution in [-0.2, 0) is 4.79 Å². The molecule has 5 nitrogen and oxygen atoms in total. The lowest BCUT2D eigenvalue weighted by molar-refractivity contribution is -0.131. The highest BCUT2D eigenvalue weighted by Crippen LogP contribution is 2.35. The monoisotopic (exact) mass is 265 g/mol. The number of methoxy groups -OCH3 is 2. The molecule has 0 aliphatic rings. The Balaban J connectivity index is 3.01. The van der Waals surface area contributed by atoms with Gasteiger partial charge in [0.05, 0.1) is 19.9 Å². The average molecular weight is 265 g/mol. The van der Waals surface area contributed by atoms with Crippen LogP contribution in [0, 0.1) is 6.92 Å². The summed E-state index contributed by atoms with van der Waals surface area (Å²) < 4.78 is 10.5. The maximum atomic E-state index is 10.4. The second-order valence-corrected chi connectivity index (χ2v) is 4.12. The minimum atomic E-state index is -0.952. The largest absolute Gasteiger partial charge is 0.497 e. The number of benzene rings is 1. The molecule has 0 spiro atoms. The summed E-state index contributed by atoms with van der Waals surface area (Å²) in [6, 6.07) is 3.72. The van der Waals surface area contributed by atoms with Gasteiger partial charge in [0.25, 0.3) is 0 Å². The summed E-state index contributed by atoms with van der Waals surface area (Å²) in [5, 5.41) is 8.57. The van der Waals surface area contributed by atoms with Crippen LogP contribution in [0.1, 0.15) is 5.56 Å². The number of hydrogen-bond acceptors (Lipinski definition) is 4. The number of nitrogens with zero attached hydrogens (tertiary/aromatic N) is 1. The number of likely N-dealkylation sites (N-methyl/N-ethyl adjacent to an activating group) is 1. The summed E-state index contributed by atoms with van der Waals surface area (Å²) in [6.07, 6.45) is 2.72. The fraction of sp³-hybridized carbons (Fsp3) is 0.357. The normalized spacial score (nSPS) is 10.5. The first kappa shape index (κ1) is 14.9. The van der Waals surface area contributed by atoms with Crippen LogP contribution in [0.5, 0.6) is 11.5 Å². The number of carbonyl (C=O) groups is 1. The Labute approximate surface area is 113 Å². The highest BCUT2D eigenvalue weighted by molar-refractivity contribution is 5.79. The third kappa shape index (κ3) is 3.91. The number of rotatable bonds is 6. The van der Waals surface area contributed by atoms with Gasteiger partial charge in [-0.1, -0.05) is 6.08 Å². The van der Waals surface area contributed by atoms with Crippen LogP contribution in [0.2, 0.25) is 0 Å². The molecule has 0 aromatic heterocycles. The molecule has 0 saturated heterocycles. The van der Waals surface area contributed by atoms with Gasteiger partial charge in [0, 0.05) is 25.7 Å². The van der Waals surface area contributed by atoms with Crippen molar-refractivity contribution in [3.8, 4) is 11.5 Å². The Morgan fingerprint density at radius 1 is 1.37 bits per heavy atom. The van der Waals surface area contributed by atoms with Gasteiger partial charge < -0.3 is 19.5 Å². The Kier molecular flexibility index (Phi) is 5.23. The van der Waals surface area contributed by atoms with Crippen LogP contribution in [0.25, 0.3) is 0 Å². The summed E-state index contributed by atoms with van der Waals surface area (Å²) in [5.41, 5.74) is 1.92. The molecule has 104 valence electrons. The summed E-state index contributed by atoms with van der Waals surface area (Å²) >= 11 is 0. The van der Waals surface area contributed by atoms with E-state index in [0.717, 1.165) is 23.1 Å². The van der Waals surface area contributed by atoms with Crippen molar-refractivity contribution < 1.29 is 19.4 Å². The van der Waals surface area contributed by atoms with E-state index in [1.54, 1.807) is 26.4 Å². The Morgan fingerprint density at radius 2 is 2.05 bits per heavy atom. The van der Waals surface area contributed by atoms with E-state index in [1.165, 1.54) is 0 Å². The molecule has 1 aromatic carbocycles. The van der Waals surface area contributed by atoms with Gasteiger partial charge in [0.2, 0.25) is 0 Å². The van der Waals surface area contributed by atoms with Crippen LogP contribution in [0.4, 0.5) is 5.69 Å². The highest BCUT2D eigenvalue weighted by atomic mass is 16.5. The molecule has 0 bridgehead atoms. The molecule has 5 heteroatoms. The Hall–Kier alpha value is -2.17. The molecule has 1 N–H and O–H groups in total. The fourth-order valence-corrected chi connectivity index (χ4v) is 1.88. The third-order valence-corrected chi connectivity index (χ3v) is 2.72. The van der Waals surface area contributed by atoms with Crippen molar-refractivity contribution >= 4 is 11.7 Å². The number of hydrogen-bond donors (Lipinski definition) is 1. The highest BCUT2D eigenvalue weighted by Gasteiger charge is 2.12. The van der Waals surface area contributed by atoms with Crippen LogP contribution < -0.4 is 14.4 Å². The molecule has 0 fully saturated rings. The molecular formula is C14H19NO4. The molecule has 0 aliphatic heterocycles. The van der Waals surface area contributed by atoms with Crippen LogP contribution >= 0.6 is 0 Å². The molecule has 19 heavy (non-hydrogen) atoms. The molecule has 0 heterocycles. The van der Waals surface area contributed by atoms with Crippen molar-refractivity contribution in [1.82, 2.24) is 0 Å². The molecule has 1 rings (SSSR count). The van der Waals surface area contributed by atoms with Crippen LogP contribution in [0.15, 0.2) is 24.3 Å². The minimum Gasteiger partial charge on any atom is -0.497 e. The summed E-state index contributed by atoms with van der Waals surface area (Å²) in [5.74, 6) is 0.475. The smallest absolute Gasteiger partial charge is 0.328 e. The fourth-order valence-electron chi connectivity index (χ4n) is 1.88. The van der Waals surface area contributed by atoms with Crippen LogP contribution in [-0.4, -0.2) is 38.9 Å². The van der Waals surface area contributed by atoms with E-state index in [-0.39, 0.29) is 0 Å². The van der Waals surface area contributed by atoms with E-state index < -0.39 is 5.97 Å². The predicted molar refractivity (Wildman–Crippen MR) is 74.3 cm³/mol. The predicted octanol–water partition coefficient (Wildman–Crippen LogP) is 2.09. The van der Waals surface area contributed by atoms with Gasteiger partial charge in [0.1, 0.15) is 11.5 Å². The number of aryl methyl sites for hydroxylation is 1. The topological polar surface area (TPSA) is 59.0 Å². The van der Waals surface area contributed by atoms with Gasteiger partial charge >= 0.3 is 5.97 Å². The van der Waals surface area contributed by atoms with Crippen molar-refractivity contribution in [2.75, 3.05) is 32.7 Å². The molecule has 0 unspecified atom stereocenters. The number of ether oxygens (including phenoxy) is 2. The number of carboxylic acid groups (broad SMARTS) is 1. The zero-order chi connectivity index (χ0) is 14.4. The second kappa shape index (κ2) is 6.68. The lowest BCUT2D eigenvalue weighted by atomic mass is 10.1. The molecule has 0 amide bonds. The van der Waals surface area contributed by atoms with Gasteiger partial charge in [-0.2, -0.15) is 0 Å². The van der Waals surface area contributed by atoms with E-state index in [0.29, 0.717) is 12.3 Å². The standard InChI is InChI=1S/C14H19NO4/c1-10-8-11(18-3)9-12(19-4)14(10)15(2)7-5-6-13(16)17/h5-6,8-9H,7H2,1-4H3,(H,16,17)/b6-5+. The quantitative estimate of drug-likeness (QED) is 0.798. The minimum absolute atomic E-state index is 0.482. The first-order chi connectivity index (χ1) is 8.99. The zero-order valence-corrected chi connectivity index (χ0v) is 11.6. The van der Waals surface area contributed by atoms with E-state index in [9.17, 15) is 4.79 Å². The maximum absolute atomic E-state index is 10.4. The van der Waals surface area contributed by atoms with Gasteiger partial charge in [-0.3, -0.25) is 0 Å².